The van der Waals surface area contributed by atoms with E-state index >= 15 is 0 Å². The molecule has 0 spiro atoms. The van der Waals surface area contributed by atoms with Crippen LogP contribution in [0.5, 0.6) is 0 Å². The molecule has 0 N–H and O–H groups in total. The van der Waals surface area contributed by atoms with Crippen molar-refractivity contribution in [3.63, 3.8) is 0 Å². The van der Waals surface area contributed by atoms with E-state index in [0.717, 1.165) is 34.3 Å². The molecule has 9 heteroatoms. The molecule has 3 aromatic heterocycles. The number of pyridine rings is 1. The number of anilines is 1. The van der Waals surface area contributed by atoms with Crippen LogP contribution in [0.3, 0.4) is 0 Å². The number of fused-ring (bicyclic) bond motifs is 1. The lowest BCUT2D eigenvalue weighted by molar-refractivity contribution is 0.0747. The molecule has 7 nitrogen and oxygen atoms in total. The molecule has 0 radical (unpaired) electrons. The topological polar surface area (TPSA) is 67.2 Å². The number of nitrogens with zero attached hydrogens (tertiary/aromatic N) is 6. The fourth-order valence-electron chi connectivity index (χ4n) is 3.38. The van der Waals surface area contributed by atoms with Crippen LogP contribution in [0.2, 0.25) is 5.02 Å². The van der Waals surface area contributed by atoms with E-state index in [1.54, 1.807) is 40.7 Å². The van der Waals surface area contributed by atoms with E-state index in [-0.39, 0.29) is 5.91 Å². The number of carbonyl (C=O) groups is 1. The van der Waals surface area contributed by atoms with Gasteiger partial charge in [-0.05, 0) is 24.3 Å². The molecular weight excluding hydrogens is 408 g/mol. The van der Waals surface area contributed by atoms with Crippen molar-refractivity contribution in [1.29, 1.82) is 0 Å². The van der Waals surface area contributed by atoms with Crippen molar-refractivity contribution in [2.24, 2.45) is 0 Å². The summed E-state index contributed by atoms with van der Waals surface area (Å²) in [5.41, 5.74) is 2.23. The van der Waals surface area contributed by atoms with Gasteiger partial charge in [-0.15, -0.1) is 0 Å². The van der Waals surface area contributed by atoms with Gasteiger partial charge >= 0.3 is 0 Å². The summed E-state index contributed by atoms with van der Waals surface area (Å²) in [5.74, 6) is -0.0195. The number of hydrogen-bond acceptors (Lipinski definition) is 6. The Balaban J connectivity index is 1.27. The van der Waals surface area contributed by atoms with Gasteiger partial charge in [0.25, 0.3) is 5.91 Å². The summed E-state index contributed by atoms with van der Waals surface area (Å²) < 4.78 is 1.64. The lowest BCUT2D eigenvalue weighted by Gasteiger charge is -2.34. The molecule has 0 bridgehead atoms. The number of carbonyl (C=O) groups excluding carboxylic acids is 1. The minimum atomic E-state index is -0.0195. The molecule has 1 aliphatic rings. The van der Waals surface area contributed by atoms with Gasteiger partial charge in [0.05, 0.1) is 22.5 Å². The second-order valence-electron chi connectivity index (χ2n) is 6.73. The summed E-state index contributed by atoms with van der Waals surface area (Å²) in [4.78, 5) is 26.9. The quantitative estimate of drug-likeness (QED) is 0.503. The van der Waals surface area contributed by atoms with E-state index in [0.29, 0.717) is 23.7 Å². The first-order chi connectivity index (χ1) is 14.2. The first-order valence-corrected chi connectivity index (χ1v) is 10.4. The first kappa shape index (κ1) is 18.1. The predicted octanol–water partition coefficient (Wildman–Crippen LogP) is 3.49. The zero-order chi connectivity index (χ0) is 19.8. The second-order valence-corrected chi connectivity index (χ2v) is 8.09. The van der Waals surface area contributed by atoms with Gasteiger partial charge in [-0.2, -0.15) is 5.10 Å². The van der Waals surface area contributed by atoms with Crippen molar-refractivity contribution in [2.45, 2.75) is 0 Å². The van der Waals surface area contributed by atoms with Crippen LogP contribution in [0.4, 0.5) is 5.13 Å². The Morgan fingerprint density at radius 3 is 2.69 bits per heavy atom. The first-order valence-electron chi connectivity index (χ1n) is 9.24. The summed E-state index contributed by atoms with van der Waals surface area (Å²) in [7, 11) is 0. The molecule has 0 unspecified atom stereocenters. The molecule has 1 aromatic carbocycles. The predicted molar refractivity (Wildman–Crippen MR) is 114 cm³/mol. The van der Waals surface area contributed by atoms with E-state index in [1.165, 1.54) is 0 Å². The van der Waals surface area contributed by atoms with E-state index in [1.807, 2.05) is 35.2 Å². The molecule has 5 rings (SSSR count). The standard InChI is InChI=1S/C20H17ClN6OS/c21-15-4-1-2-6-17(15)27-13-14(12-23-27)19(28)25-8-10-26(11-9-25)20-24-16-5-3-7-22-18(16)29-20/h1-7,12-13H,8-11H2. The van der Waals surface area contributed by atoms with E-state index in [9.17, 15) is 4.79 Å². The van der Waals surface area contributed by atoms with Gasteiger partial charge in [-0.3, -0.25) is 4.79 Å². The van der Waals surface area contributed by atoms with E-state index < -0.39 is 0 Å². The molecule has 0 aliphatic carbocycles. The van der Waals surface area contributed by atoms with Crippen LogP contribution in [0, 0.1) is 0 Å². The Hall–Kier alpha value is -2.97. The van der Waals surface area contributed by atoms with Gasteiger partial charge in [0.1, 0.15) is 10.3 Å². The van der Waals surface area contributed by atoms with Gasteiger partial charge in [0, 0.05) is 38.6 Å². The zero-order valence-electron chi connectivity index (χ0n) is 15.4. The lowest BCUT2D eigenvalue weighted by Crippen LogP contribution is -2.48. The molecule has 1 saturated heterocycles. The van der Waals surface area contributed by atoms with Crippen LogP contribution >= 0.6 is 22.9 Å². The third-order valence-electron chi connectivity index (χ3n) is 4.92. The summed E-state index contributed by atoms with van der Waals surface area (Å²) in [5, 5.41) is 5.86. The molecule has 29 heavy (non-hydrogen) atoms. The highest BCUT2D eigenvalue weighted by Crippen LogP contribution is 2.28. The number of aromatic nitrogens is 4. The number of thiazole rings is 1. The fraction of sp³-hybridized carbons (Fsp3) is 0.200. The fourth-order valence-corrected chi connectivity index (χ4v) is 4.56. The maximum atomic E-state index is 12.9. The number of para-hydroxylation sites is 1. The highest BCUT2D eigenvalue weighted by atomic mass is 35.5. The smallest absolute Gasteiger partial charge is 0.257 e. The molecule has 4 heterocycles. The van der Waals surface area contributed by atoms with Crippen LogP contribution < -0.4 is 4.90 Å². The van der Waals surface area contributed by atoms with E-state index in [4.69, 9.17) is 11.6 Å². The minimum Gasteiger partial charge on any atom is -0.344 e. The van der Waals surface area contributed by atoms with Gasteiger partial charge < -0.3 is 9.80 Å². The summed E-state index contributed by atoms with van der Waals surface area (Å²) in [6.45, 7) is 2.76. The van der Waals surface area contributed by atoms with Crippen molar-refractivity contribution >= 4 is 44.3 Å². The number of hydrogen-bond donors (Lipinski definition) is 0. The maximum Gasteiger partial charge on any atom is 0.257 e. The molecule has 1 aliphatic heterocycles. The van der Waals surface area contributed by atoms with Crippen LogP contribution in [0.1, 0.15) is 10.4 Å². The molecule has 0 saturated carbocycles. The monoisotopic (exact) mass is 424 g/mol. The number of benzene rings is 1. The van der Waals surface area contributed by atoms with Gasteiger partial charge in [0.2, 0.25) is 0 Å². The van der Waals surface area contributed by atoms with Crippen molar-refractivity contribution in [1.82, 2.24) is 24.6 Å². The largest absolute Gasteiger partial charge is 0.344 e. The molecule has 0 atom stereocenters. The summed E-state index contributed by atoms with van der Waals surface area (Å²) >= 11 is 7.82. The Labute approximate surface area is 176 Å². The van der Waals surface area contributed by atoms with Crippen molar-refractivity contribution in [3.05, 3.63) is 65.6 Å². The number of amides is 1. The molecule has 1 amide bonds. The van der Waals surface area contributed by atoms with Crippen molar-refractivity contribution in [2.75, 3.05) is 31.1 Å². The maximum absolute atomic E-state index is 12.9. The number of halogens is 1. The Bertz CT molecular complexity index is 1150. The SMILES string of the molecule is O=C(c1cnn(-c2ccccc2Cl)c1)N1CCN(c2nc3cccnc3s2)CC1. The molecule has 4 aromatic rings. The zero-order valence-corrected chi connectivity index (χ0v) is 17.0. The lowest BCUT2D eigenvalue weighted by atomic mass is 10.2. The number of rotatable bonds is 3. The Morgan fingerprint density at radius 2 is 1.90 bits per heavy atom. The normalized spacial score (nSPS) is 14.5. The second kappa shape index (κ2) is 7.46. The third-order valence-corrected chi connectivity index (χ3v) is 6.28. The molecule has 1 fully saturated rings. The van der Waals surface area contributed by atoms with Crippen molar-refractivity contribution < 1.29 is 4.79 Å². The Kier molecular flexibility index (Phi) is 4.65. The van der Waals surface area contributed by atoms with Gasteiger partial charge in [0.15, 0.2) is 5.13 Å². The molecule has 146 valence electrons. The highest BCUT2D eigenvalue weighted by molar-refractivity contribution is 7.21. The van der Waals surface area contributed by atoms with Crippen LogP contribution in [0.25, 0.3) is 16.0 Å². The Morgan fingerprint density at radius 1 is 1.07 bits per heavy atom. The third kappa shape index (κ3) is 3.45. The summed E-state index contributed by atoms with van der Waals surface area (Å²) in [6.07, 6.45) is 5.11. The minimum absolute atomic E-state index is 0.0195. The van der Waals surface area contributed by atoms with Crippen LogP contribution in [0.15, 0.2) is 55.0 Å². The van der Waals surface area contributed by atoms with Crippen molar-refractivity contribution in [3.8, 4) is 5.69 Å². The van der Waals surface area contributed by atoms with E-state index in [2.05, 4.69) is 20.0 Å². The van der Waals surface area contributed by atoms with Gasteiger partial charge in [-0.25, -0.2) is 14.6 Å². The summed E-state index contributed by atoms with van der Waals surface area (Å²) in [6, 6.07) is 11.3. The van der Waals surface area contributed by atoms with Crippen LogP contribution in [-0.4, -0.2) is 56.7 Å². The van der Waals surface area contributed by atoms with Gasteiger partial charge in [-0.1, -0.05) is 35.1 Å². The number of piperazine rings is 1. The highest BCUT2D eigenvalue weighted by Gasteiger charge is 2.25. The molecular formula is C20H17ClN6OS. The average Bonchev–Trinajstić information content (AvgIpc) is 3.41. The average molecular weight is 425 g/mol. The van der Waals surface area contributed by atoms with Crippen LogP contribution in [-0.2, 0) is 0 Å².